The Morgan fingerprint density at radius 3 is 2.32 bits per heavy atom. The zero-order valence-corrected chi connectivity index (χ0v) is 19.6. The highest BCUT2D eigenvalue weighted by molar-refractivity contribution is 5.88. The van der Waals surface area contributed by atoms with Gasteiger partial charge < -0.3 is 20.3 Å². The molecular weight excluding hydrogens is 443 g/mol. The fourth-order valence-corrected chi connectivity index (χ4v) is 5.82. The van der Waals surface area contributed by atoms with E-state index in [1.54, 1.807) is 6.07 Å². The molecular formula is C26H32F3N3O2. The van der Waals surface area contributed by atoms with Crippen LogP contribution in [0.25, 0.3) is 0 Å². The van der Waals surface area contributed by atoms with Crippen molar-refractivity contribution in [1.82, 2.24) is 10.2 Å². The predicted octanol–water partition coefficient (Wildman–Crippen LogP) is 4.52. The Hall–Kier alpha value is -2.58. The number of para-hydroxylation sites is 1. The average Bonchev–Trinajstić information content (AvgIpc) is 2.85. The minimum atomic E-state index is -4.89. The van der Waals surface area contributed by atoms with Gasteiger partial charge in [0.25, 0.3) is 11.5 Å². The number of alkyl halides is 3. The first-order chi connectivity index (χ1) is 16.3. The number of methoxy groups -OCH3 is 1. The third-order valence-electron chi connectivity index (χ3n) is 7.73. The summed E-state index contributed by atoms with van der Waals surface area (Å²) in [6, 6.07) is 15.4. The highest BCUT2D eigenvalue weighted by Crippen LogP contribution is 2.51. The van der Waals surface area contributed by atoms with Crippen LogP contribution in [-0.2, 0) is 15.1 Å². The van der Waals surface area contributed by atoms with E-state index in [4.69, 9.17) is 4.74 Å². The van der Waals surface area contributed by atoms with Crippen LogP contribution in [0.4, 0.5) is 18.9 Å². The Morgan fingerprint density at radius 2 is 1.71 bits per heavy atom. The Balaban J connectivity index is 1.61. The first-order valence-corrected chi connectivity index (χ1v) is 11.7. The lowest BCUT2D eigenvalue weighted by Gasteiger charge is -2.51. The first kappa shape index (κ1) is 24.5. The van der Waals surface area contributed by atoms with Gasteiger partial charge in [-0.05, 0) is 42.9 Å². The van der Waals surface area contributed by atoms with Gasteiger partial charge >= 0.3 is 6.18 Å². The largest absolute Gasteiger partial charge is 0.430 e. The number of nitrogens with zero attached hydrogens (tertiary/aromatic N) is 1. The molecule has 0 radical (unpaired) electrons. The molecule has 2 aliphatic heterocycles. The first-order valence-electron chi connectivity index (χ1n) is 11.7. The van der Waals surface area contributed by atoms with Crippen LogP contribution in [0.1, 0.15) is 36.3 Å². The molecule has 0 saturated carbocycles. The predicted molar refractivity (Wildman–Crippen MR) is 126 cm³/mol. The van der Waals surface area contributed by atoms with Crippen molar-refractivity contribution in [2.24, 2.45) is 5.41 Å². The second-order valence-electron chi connectivity index (χ2n) is 9.25. The normalized spacial score (nSPS) is 22.3. The lowest BCUT2D eigenvalue weighted by atomic mass is 9.62. The van der Waals surface area contributed by atoms with Crippen LogP contribution >= 0.6 is 0 Å². The van der Waals surface area contributed by atoms with Crippen molar-refractivity contribution >= 4 is 11.6 Å². The number of halogens is 3. The molecule has 2 aromatic rings. The van der Waals surface area contributed by atoms with Crippen LogP contribution in [-0.4, -0.2) is 57.3 Å². The molecule has 4 rings (SSSR count). The molecule has 2 fully saturated rings. The summed E-state index contributed by atoms with van der Waals surface area (Å²) >= 11 is 0. The number of benzene rings is 2. The Labute approximate surface area is 198 Å². The second kappa shape index (κ2) is 9.58. The zero-order chi connectivity index (χ0) is 24.4. The number of nitrogens with one attached hydrogen (secondary N) is 2. The van der Waals surface area contributed by atoms with Crippen LogP contribution in [0.3, 0.4) is 0 Å². The fourth-order valence-electron chi connectivity index (χ4n) is 5.82. The van der Waals surface area contributed by atoms with Crippen molar-refractivity contribution in [3.8, 4) is 0 Å². The Kier molecular flexibility index (Phi) is 6.92. The Morgan fingerprint density at radius 1 is 1.06 bits per heavy atom. The van der Waals surface area contributed by atoms with Gasteiger partial charge in [0.2, 0.25) is 0 Å². The van der Waals surface area contributed by atoms with Crippen molar-refractivity contribution in [2.45, 2.75) is 37.0 Å². The van der Waals surface area contributed by atoms with Crippen molar-refractivity contribution in [2.75, 3.05) is 45.7 Å². The molecule has 0 aromatic heterocycles. The molecule has 2 atom stereocenters. The average molecular weight is 476 g/mol. The molecule has 1 amide bonds. The second-order valence-corrected chi connectivity index (χ2v) is 9.25. The fraction of sp³-hybridized carbons (Fsp3) is 0.500. The van der Waals surface area contributed by atoms with Gasteiger partial charge in [0, 0.05) is 51.0 Å². The topological polar surface area (TPSA) is 53.6 Å². The summed E-state index contributed by atoms with van der Waals surface area (Å²) in [7, 11) is 2.86. The van der Waals surface area contributed by atoms with E-state index in [0.717, 1.165) is 32.3 Å². The molecule has 2 N–H and O–H groups in total. The maximum absolute atomic E-state index is 14.4. The van der Waals surface area contributed by atoms with Gasteiger partial charge in [-0.15, -0.1) is 0 Å². The number of likely N-dealkylation sites (tertiary alicyclic amines) is 1. The number of amides is 1. The quantitative estimate of drug-likeness (QED) is 0.668. The van der Waals surface area contributed by atoms with Gasteiger partial charge in [-0.2, -0.15) is 13.2 Å². The number of ether oxygens (including phenoxy) is 1. The van der Waals surface area contributed by atoms with E-state index in [9.17, 15) is 18.0 Å². The number of carbonyl (C=O) groups is 1. The molecule has 184 valence electrons. The molecule has 0 bridgehead atoms. The smallest absolute Gasteiger partial charge is 0.388 e. The van der Waals surface area contributed by atoms with E-state index in [1.807, 2.05) is 25.2 Å². The summed E-state index contributed by atoms with van der Waals surface area (Å²) < 4.78 is 48.2. The molecule has 2 heterocycles. The van der Waals surface area contributed by atoms with E-state index in [1.165, 1.54) is 34.7 Å². The lowest BCUT2D eigenvalue weighted by Crippen LogP contribution is -2.59. The zero-order valence-electron chi connectivity index (χ0n) is 19.6. The minimum Gasteiger partial charge on any atom is -0.388 e. The van der Waals surface area contributed by atoms with E-state index < -0.39 is 17.7 Å². The summed E-state index contributed by atoms with van der Waals surface area (Å²) in [6.45, 7) is 2.21. The number of hydrogen-bond donors (Lipinski definition) is 2. The van der Waals surface area contributed by atoms with Crippen molar-refractivity contribution in [1.29, 1.82) is 0 Å². The SMILES string of the molecule is CNc1ccccc1C1CNCCC12CCN(C(=O)[C@](OC)(c1ccccc1)C(F)(F)F)CC2. The van der Waals surface area contributed by atoms with Crippen molar-refractivity contribution in [3.63, 3.8) is 0 Å². The molecule has 34 heavy (non-hydrogen) atoms. The van der Waals surface area contributed by atoms with E-state index in [0.29, 0.717) is 12.8 Å². The van der Waals surface area contributed by atoms with Gasteiger partial charge in [0.05, 0.1) is 0 Å². The summed E-state index contributed by atoms with van der Waals surface area (Å²) in [6.07, 6.45) is -2.67. The van der Waals surface area contributed by atoms with Gasteiger partial charge in [-0.1, -0.05) is 48.5 Å². The molecule has 5 nitrogen and oxygen atoms in total. The van der Waals surface area contributed by atoms with Crippen LogP contribution < -0.4 is 10.6 Å². The minimum absolute atomic E-state index is 0.0737. The highest BCUT2D eigenvalue weighted by atomic mass is 19.4. The third kappa shape index (κ3) is 4.07. The van der Waals surface area contributed by atoms with Crippen LogP contribution in [0.2, 0.25) is 0 Å². The number of piperidine rings is 2. The van der Waals surface area contributed by atoms with Crippen LogP contribution in [0.15, 0.2) is 54.6 Å². The van der Waals surface area contributed by atoms with E-state index in [2.05, 4.69) is 16.7 Å². The van der Waals surface area contributed by atoms with E-state index in [-0.39, 0.29) is 30.0 Å². The standard InChI is InChI=1S/C26H32F3N3O2/c1-30-22-11-7-6-10-20(22)21-18-31-15-12-24(21)13-16-32(17-14-24)23(33)25(34-2,26(27,28)29)19-8-4-3-5-9-19/h3-11,21,30-31H,12-18H2,1-2H3/t21?,25-/m1/s1. The highest BCUT2D eigenvalue weighted by Gasteiger charge is 2.64. The number of rotatable bonds is 5. The van der Waals surface area contributed by atoms with Gasteiger partial charge in [-0.25, -0.2) is 0 Å². The van der Waals surface area contributed by atoms with Crippen LogP contribution in [0, 0.1) is 5.41 Å². The van der Waals surface area contributed by atoms with Crippen molar-refractivity contribution < 1.29 is 22.7 Å². The molecule has 0 aliphatic carbocycles. The molecule has 2 saturated heterocycles. The molecule has 2 aliphatic rings. The monoisotopic (exact) mass is 475 g/mol. The summed E-state index contributed by atoms with van der Waals surface area (Å²) in [5, 5.41) is 6.76. The maximum atomic E-state index is 14.4. The lowest BCUT2D eigenvalue weighted by molar-refractivity contribution is -0.271. The molecule has 1 unspecified atom stereocenters. The summed E-state index contributed by atoms with van der Waals surface area (Å²) in [5.41, 5.74) is -1.00. The van der Waals surface area contributed by atoms with E-state index >= 15 is 0 Å². The summed E-state index contributed by atoms with van der Waals surface area (Å²) in [5.74, 6) is -0.823. The van der Waals surface area contributed by atoms with Crippen LogP contribution in [0.5, 0.6) is 0 Å². The molecule has 1 spiro atoms. The van der Waals surface area contributed by atoms with Gasteiger partial charge in [0.15, 0.2) is 0 Å². The maximum Gasteiger partial charge on any atom is 0.430 e. The number of hydrogen-bond acceptors (Lipinski definition) is 4. The number of anilines is 1. The third-order valence-corrected chi connectivity index (χ3v) is 7.73. The van der Waals surface area contributed by atoms with Gasteiger partial charge in [-0.3, -0.25) is 4.79 Å². The van der Waals surface area contributed by atoms with Crippen molar-refractivity contribution in [3.05, 3.63) is 65.7 Å². The Bertz CT molecular complexity index is 990. The number of carbonyl (C=O) groups excluding carboxylic acids is 1. The molecule has 8 heteroatoms. The van der Waals surface area contributed by atoms with Gasteiger partial charge in [0.1, 0.15) is 0 Å². The molecule has 2 aromatic carbocycles. The summed E-state index contributed by atoms with van der Waals surface area (Å²) in [4.78, 5) is 14.8.